The van der Waals surface area contributed by atoms with Gasteiger partial charge in [0.2, 0.25) is 5.91 Å². The first-order chi connectivity index (χ1) is 27.0. The predicted octanol–water partition coefficient (Wildman–Crippen LogP) is 12.9. The van der Waals surface area contributed by atoms with Gasteiger partial charge in [-0.1, -0.05) is 211 Å². The SMILES string of the molecule is CCCC/C=C/CCCC(O)C(O)C(CO)NC(=O)C(O)CCCCCCCCCCCCCCCCCC/C=C\C/C=C\CCCCCCCCCCC. The topological polar surface area (TPSA) is 110 Å². The van der Waals surface area contributed by atoms with E-state index < -0.39 is 36.9 Å². The molecule has 1 amide bonds. The van der Waals surface area contributed by atoms with Crippen LogP contribution in [0, 0.1) is 0 Å². The molecule has 0 aliphatic carbocycles. The Balaban J connectivity index is 3.54. The highest BCUT2D eigenvalue weighted by Crippen LogP contribution is 2.16. The summed E-state index contributed by atoms with van der Waals surface area (Å²) < 4.78 is 0. The normalized spacial score (nSPS) is 14.4. The lowest BCUT2D eigenvalue weighted by molar-refractivity contribution is -0.132. The molecule has 0 rings (SSSR count). The van der Waals surface area contributed by atoms with E-state index in [0.717, 1.165) is 44.9 Å². The second kappa shape index (κ2) is 43.6. The maximum absolute atomic E-state index is 12.4. The van der Waals surface area contributed by atoms with Crippen molar-refractivity contribution in [3.8, 4) is 0 Å². The minimum atomic E-state index is -1.28. The second-order valence-electron chi connectivity index (χ2n) is 16.4. The van der Waals surface area contributed by atoms with E-state index in [1.165, 1.54) is 161 Å². The zero-order chi connectivity index (χ0) is 40.3. The molecule has 0 aliphatic rings. The third-order valence-corrected chi connectivity index (χ3v) is 11.1. The molecule has 0 saturated heterocycles. The molecular weight excluding hydrogens is 683 g/mol. The van der Waals surface area contributed by atoms with E-state index >= 15 is 0 Å². The van der Waals surface area contributed by atoms with Gasteiger partial charge in [-0.3, -0.25) is 4.79 Å². The summed E-state index contributed by atoms with van der Waals surface area (Å²) in [6.45, 7) is 3.95. The fourth-order valence-electron chi connectivity index (χ4n) is 7.24. The molecule has 5 N–H and O–H groups in total. The lowest BCUT2D eigenvalue weighted by Gasteiger charge is -2.27. The number of aliphatic hydroxyl groups excluding tert-OH is 4. The molecule has 55 heavy (non-hydrogen) atoms. The third-order valence-electron chi connectivity index (χ3n) is 11.1. The molecule has 0 fully saturated rings. The van der Waals surface area contributed by atoms with E-state index in [0.29, 0.717) is 19.3 Å². The Morgan fingerprint density at radius 3 is 1.25 bits per heavy atom. The molecule has 0 saturated carbocycles. The van der Waals surface area contributed by atoms with Gasteiger partial charge in [-0.25, -0.2) is 0 Å². The summed E-state index contributed by atoms with van der Waals surface area (Å²) in [6, 6.07) is -0.998. The molecule has 6 heteroatoms. The lowest BCUT2D eigenvalue weighted by atomic mass is 10.00. The van der Waals surface area contributed by atoms with Crippen molar-refractivity contribution in [3.63, 3.8) is 0 Å². The summed E-state index contributed by atoms with van der Waals surface area (Å²) in [7, 11) is 0. The summed E-state index contributed by atoms with van der Waals surface area (Å²) in [5.74, 6) is -0.597. The van der Waals surface area contributed by atoms with Crippen LogP contribution in [0.25, 0.3) is 0 Å². The Bertz CT molecular complexity index is 873. The number of hydrogen-bond donors (Lipinski definition) is 5. The molecule has 0 bridgehead atoms. The first-order valence-corrected chi connectivity index (χ1v) is 23.9. The number of rotatable bonds is 43. The molecule has 0 aromatic heterocycles. The number of aliphatic hydroxyl groups is 4. The van der Waals surface area contributed by atoms with Crippen LogP contribution in [0.1, 0.15) is 239 Å². The number of carbonyl (C=O) groups excluding carboxylic acids is 1. The van der Waals surface area contributed by atoms with Gasteiger partial charge in [0.05, 0.1) is 18.8 Å². The Kier molecular flexibility index (Phi) is 42.5. The number of allylic oxidation sites excluding steroid dienone is 6. The van der Waals surface area contributed by atoms with E-state index in [1.807, 2.05) is 0 Å². The molecule has 6 nitrogen and oxygen atoms in total. The summed E-state index contributed by atoms with van der Waals surface area (Å²) in [6.07, 6.45) is 52.4. The summed E-state index contributed by atoms with van der Waals surface area (Å²) in [4.78, 5) is 12.4. The number of nitrogens with one attached hydrogen (secondary N) is 1. The van der Waals surface area contributed by atoms with Gasteiger partial charge >= 0.3 is 0 Å². The van der Waals surface area contributed by atoms with Crippen LogP contribution in [0.3, 0.4) is 0 Å². The molecule has 4 unspecified atom stereocenters. The molecule has 4 atom stereocenters. The highest BCUT2D eigenvalue weighted by Gasteiger charge is 2.28. The Morgan fingerprint density at radius 1 is 0.455 bits per heavy atom. The van der Waals surface area contributed by atoms with Crippen LogP contribution in [-0.4, -0.2) is 57.3 Å². The van der Waals surface area contributed by atoms with Gasteiger partial charge in [0, 0.05) is 0 Å². The quantitative estimate of drug-likeness (QED) is 0.0313. The summed E-state index contributed by atoms with van der Waals surface area (Å²) in [5, 5.41) is 43.3. The minimum absolute atomic E-state index is 0.363. The van der Waals surface area contributed by atoms with Crippen molar-refractivity contribution < 1.29 is 25.2 Å². The predicted molar refractivity (Wildman–Crippen MR) is 237 cm³/mol. The van der Waals surface area contributed by atoms with Crippen LogP contribution in [0.15, 0.2) is 36.5 Å². The van der Waals surface area contributed by atoms with Crippen molar-refractivity contribution >= 4 is 5.91 Å². The number of carbonyl (C=O) groups is 1. The van der Waals surface area contributed by atoms with E-state index in [4.69, 9.17) is 0 Å². The average Bonchev–Trinajstić information content (AvgIpc) is 3.19. The zero-order valence-corrected chi connectivity index (χ0v) is 36.4. The second-order valence-corrected chi connectivity index (χ2v) is 16.4. The largest absolute Gasteiger partial charge is 0.394 e. The lowest BCUT2D eigenvalue weighted by Crippen LogP contribution is -2.53. The number of unbranched alkanes of at least 4 members (excludes halogenated alkanes) is 28. The van der Waals surface area contributed by atoms with E-state index in [2.05, 4.69) is 55.6 Å². The smallest absolute Gasteiger partial charge is 0.249 e. The van der Waals surface area contributed by atoms with E-state index in [1.54, 1.807) is 0 Å². The van der Waals surface area contributed by atoms with Crippen LogP contribution < -0.4 is 5.32 Å². The molecule has 0 aromatic carbocycles. The molecule has 0 aliphatic heterocycles. The zero-order valence-electron chi connectivity index (χ0n) is 36.4. The average molecular weight is 776 g/mol. The molecule has 0 spiro atoms. The summed E-state index contributed by atoms with van der Waals surface area (Å²) in [5.41, 5.74) is 0. The molecule has 0 heterocycles. The van der Waals surface area contributed by atoms with Crippen molar-refractivity contribution in [2.45, 2.75) is 263 Å². The van der Waals surface area contributed by atoms with Crippen molar-refractivity contribution in [3.05, 3.63) is 36.5 Å². The first-order valence-electron chi connectivity index (χ1n) is 23.9. The van der Waals surface area contributed by atoms with Gasteiger partial charge in [-0.15, -0.1) is 0 Å². The molecule has 324 valence electrons. The van der Waals surface area contributed by atoms with Crippen molar-refractivity contribution in [2.75, 3.05) is 6.61 Å². The maximum atomic E-state index is 12.4. The fraction of sp³-hybridized carbons (Fsp3) is 0.857. The Hall–Kier alpha value is -1.47. The highest BCUT2D eigenvalue weighted by atomic mass is 16.3. The standard InChI is InChI=1S/C49H93NO5/c1-3-5-7-9-11-12-13-14-15-16-17-18-19-20-21-22-23-24-25-26-27-28-29-30-31-32-33-34-35-37-39-41-43-47(53)49(55)50-45(44-51)48(54)46(52)42-40-38-36-10-8-6-4-2/h10,17-18,20-21,36,45-48,51-54H,3-9,11-16,19,22-35,37-44H2,1-2H3,(H,50,55)/b18-17-,21-20-,36-10+. The van der Waals surface area contributed by atoms with Crippen LogP contribution in [0.5, 0.6) is 0 Å². The van der Waals surface area contributed by atoms with Gasteiger partial charge in [-0.05, 0) is 64.2 Å². The third kappa shape index (κ3) is 37.8. The minimum Gasteiger partial charge on any atom is -0.394 e. The summed E-state index contributed by atoms with van der Waals surface area (Å²) >= 11 is 0. The van der Waals surface area contributed by atoms with Crippen LogP contribution in [0.2, 0.25) is 0 Å². The van der Waals surface area contributed by atoms with Crippen molar-refractivity contribution in [1.82, 2.24) is 5.32 Å². The van der Waals surface area contributed by atoms with Gasteiger partial charge in [0.1, 0.15) is 12.2 Å². The highest BCUT2D eigenvalue weighted by molar-refractivity contribution is 5.80. The van der Waals surface area contributed by atoms with Crippen LogP contribution >= 0.6 is 0 Å². The van der Waals surface area contributed by atoms with Gasteiger partial charge in [0.25, 0.3) is 0 Å². The van der Waals surface area contributed by atoms with Crippen molar-refractivity contribution in [1.29, 1.82) is 0 Å². The van der Waals surface area contributed by atoms with E-state index in [9.17, 15) is 25.2 Å². The number of hydrogen-bond acceptors (Lipinski definition) is 5. The van der Waals surface area contributed by atoms with Crippen molar-refractivity contribution in [2.24, 2.45) is 0 Å². The monoisotopic (exact) mass is 776 g/mol. The fourth-order valence-corrected chi connectivity index (χ4v) is 7.24. The molecular formula is C49H93NO5. The number of amides is 1. The van der Waals surface area contributed by atoms with Crippen LogP contribution in [0.4, 0.5) is 0 Å². The molecule has 0 radical (unpaired) electrons. The Morgan fingerprint density at radius 2 is 0.818 bits per heavy atom. The maximum Gasteiger partial charge on any atom is 0.249 e. The Labute approximate surface area is 341 Å². The van der Waals surface area contributed by atoms with Gasteiger partial charge in [0.15, 0.2) is 0 Å². The van der Waals surface area contributed by atoms with Gasteiger partial charge < -0.3 is 25.7 Å². The first kappa shape index (κ1) is 53.5. The van der Waals surface area contributed by atoms with Crippen LogP contribution in [-0.2, 0) is 4.79 Å². The van der Waals surface area contributed by atoms with E-state index in [-0.39, 0.29) is 0 Å². The molecule has 0 aromatic rings. The van der Waals surface area contributed by atoms with Gasteiger partial charge in [-0.2, -0.15) is 0 Å².